The summed E-state index contributed by atoms with van der Waals surface area (Å²) in [6.07, 6.45) is 0.834. The highest BCUT2D eigenvalue weighted by atomic mass is 16.2. The molecule has 1 aromatic carbocycles. The van der Waals surface area contributed by atoms with E-state index < -0.39 is 0 Å². The number of rotatable bonds is 3. The fraction of sp³-hybridized carbons (Fsp3) is 0.417. The van der Waals surface area contributed by atoms with Crippen LogP contribution in [0.15, 0.2) is 30.3 Å². The molecule has 1 heterocycles. The van der Waals surface area contributed by atoms with E-state index in [4.69, 9.17) is 0 Å². The molecule has 1 aliphatic rings. The van der Waals surface area contributed by atoms with Gasteiger partial charge < -0.3 is 5.32 Å². The summed E-state index contributed by atoms with van der Waals surface area (Å²) < 4.78 is 0. The molecule has 1 fully saturated rings. The van der Waals surface area contributed by atoms with Crippen LogP contribution in [0.3, 0.4) is 0 Å². The van der Waals surface area contributed by atoms with Gasteiger partial charge in [-0.2, -0.15) is 0 Å². The second-order valence-electron chi connectivity index (χ2n) is 4.18. The van der Waals surface area contributed by atoms with Crippen LogP contribution in [0.4, 0.5) is 0 Å². The number of carbonyl (C=O) groups excluding carboxylic acids is 1. The van der Waals surface area contributed by atoms with Gasteiger partial charge in [-0.05, 0) is 18.9 Å². The van der Waals surface area contributed by atoms with Crippen LogP contribution in [0, 0.1) is 0 Å². The average molecular weight is 219 g/mol. The van der Waals surface area contributed by atoms with Gasteiger partial charge in [0.15, 0.2) is 0 Å². The van der Waals surface area contributed by atoms with Gasteiger partial charge in [-0.15, -0.1) is 0 Å². The molecule has 0 saturated carbocycles. The van der Waals surface area contributed by atoms with Gasteiger partial charge in [0.25, 0.3) is 0 Å². The van der Waals surface area contributed by atoms with Crippen LogP contribution in [-0.4, -0.2) is 18.0 Å². The Bertz CT molecular complexity index is 353. The van der Waals surface area contributed by atoms with Crippen molar-refractivity contribution in [2.24, 2.45) is 0 Å². The summed E-state index contributed by atoms with van der Waals surface area (Å²) in [7, 11) is 0. The molecule has 0 radical (unpaired) electrons. The van der Waals surface area contributed by atoms with Crippen LogP contribution < -0.4 is 16.2 Å². The molecule has 1 aliphatic heterocycles. The highest BCUT2D eigenvalue weighted by molar-refractivity contribution is 5.81. The highest BCUT2D eigenvalue weighted by Crippen LogP contribution is 2.04. The number of nitrogens with one attached hydrogen (secondary N) is 3. The number of hydrazine groups is 1. The summed E-state index contributed by atoms with van der Waals surface area (Å²) >= 11 is 0. The Hall–Kier alpha value is -1.39. The topological polar surface area (TPSA) is 53.2 Å². The lowest BCUT2D eigenvalue weighted by atomic mass is 10.1. The van der Waals surface area contributed by atoms with E-state index in [9.17, 15) is 4.79 Å². The van der Waals surface area contributed by atoms with Gasteiger partial charge in [0.2, 0.25) is 5.91 Å². The van der Waals surface area contributed by atoms with E-state index in [2.05, 4.69) is 23.1 Å². The molecule has 0 aliphatic carbocycles. The summed E-state index contributed by atoms with van der Waals surface area (Å²) in [6, 6.07) is 10.2. The minimum Gasteiger partial charge on any atom is -0.351 e. The first-order valence-electron chi connectivity index (χ1n) is 5.58. The zero-order chi connectivity index (χ0) is 11.4. The van der Waals surface area contributed by atoms with Crippen molar-refractivity contribution in [3.8, 4) is 0 Å². The smallest absolute Gasteiger partial charge is 0.238 e. The predicted molar refractivity (Wildman–Crippen MR) is 62.4 cm³/mol. The summed E-state index contributed by atoms with van der Waals surface area (Å²) in [6.45, 7) is 2.64. The van der Waals surface area contributed by atoms with Crippen molar-refractivity contribution in [3.05, 3.63) is 35.9 Å². The largest absolute Gasteiger partial charge is 0.351 e. The van der Waals surface area contributed by atoms with Crippen molar-refractivity contribution >= 4 is 5.91 Å². The Balaban J connectivity index is 1.80. The SMILES string of the molecule is CC1CC(C(=O)NCc2ccccc2)NN1. The molecule has 1 saturated heterocycles. The van der Waals surface area contributed by atoms with Gasteiger partial charge >= 0.3 is 0 Å². The van der Waals surface area contributed by atoms with E-state index in [1.54, 1.807) is 0 Å². The van der Waals surface area contributed by atoms with Crippen LogP contribution in [0.25, 0.3) is 0 Å². The summed E-state index contributed by atoms with van der Waals surface area (Å²) in [5.74, 6) is 0.0562. The van der Waals surface area contributed by atoms with Gasteiger partial charge in [-0.25, -0.2) is 5.43 Å². The minimum absolute atomic E-state index is 0.0562. The van der Waals surface area contributed by atoms with Crippen molar-refractivity contribution < 1.29 is 4.79 Å². The van der Waals surface area contributed by atoms with E-state index in [0.717, 1.165) is 12.0 Å². The molecule has 1 amide bonds. The molecule has 2 unspecified atom stereocenters. The molecule has 3 N–H and O–H groups in total. The van der Waals surface area contributed by atoms with Crippen LogP contribution >= 0.6 is 0 Å². The van der Waals surface area contributed by atoms with Crippen molar-refractivity contribution in [1.82, 2.24) is 16.2 Å². The molecule has 0 bridgehead atoms. The summed E-state index contributed by atoms with van der Waals surface area (Å²) in [4.78, 5) is 11.8. The zero-order valence-electron chi connectivity index (χ0n) is 9.36. The maximum atomic E-state index is 11.8. The lowest BCUT2D eigenvalue weighted by Gasteiger charge is -2.10. The third kappa shape index (κ3) is 2.81. The van der Waals surface area contributed by atoms with Crippen molar-refractivity contribution in [2.45, 2.75) is 32.0 Å². The maximum Gasteiger partial charge on any atom is 0.238 e. The third-order valence-corrected chi connectivity index (χ3v) is 2.72. The van der Waals surface area contributed by atoms with Gasteiger partial charge in [0, 0.05) is 12.6 Å². The number of hydrogen-bond acceptors (Lipinski definition) is 3. The molecule has 4 nitrogen and oxygen atoms in total. The van der Waals surface area contributed by atoms with Crippen molar-refractivity contribution in [2.75, 3.05) is 0 Å². The Morgan fingerprint density at radius 3 is 2.75 bits per heavy atom. The van der Waals surface area contributed by atoms with Crippen molar-refractivity contribution in [3.63, 3.8) is 0 Å². The molecule has 4 heteroatoms. The van der Waals surface area contributed by atoms with E-state index in [1.165, 1.54) is 0 Å². The first kappa shape index (κ1) is 11.1. The van der Waals surface area contributed by atoms with Gasteiger partial charge in [-0.3, -0.25) is 10.2 Å². The van der Waals surface area contributed by atoms with Crippen LogP contribution in [-0.2, 0) is 11.3 Å². The Morgan fingerprint density at radius 2 is 2.12 bits per heavy atom. The standard InChI is InChI=1S/C12H17N3O/c1-9-7-11(15-14-9)12(16)13-8-10-5-3-2-4-6-10/h2-6,9,11,14-15H,7-8H2,1H3,(H,13,16). The van der Waals surface area contributed by atoms with Gasteiger partial charge in [0.1, 0.15) is 6.04 Å². The van der Waals surface area contributed by atoms with Crippen molar-refractivity contribution in [1.29, 1.82) is 0 Å². The highest BCUT2D eigenvalue weighted by Gasteiger charge is 2.25. The predicted octanol–water partition coefficient (Wildman–Crippen LogP) is 0.558. The quantitative estimate of drug-likeness (QED) is 0.696. The minimum atomic E-state index is -0.112. The van der Waals surface area contributed by atoms with Gasteiger partial charge in [0.05, 0.1) is 0 Å². The summed E-state index contributed by atoms with van der Waals surface area (Å²) in [5, 5.41) is 2.92. The molecule has 86 valence electrons. The number of hydrogen-bond donors (Lipinski definition) is 3. The molecule has 1 aromatic rings. The average Bonchev–Trinajstić information content (AvgIpc) is 2.74. The van der Waals surface area contributed by atoms with Crippen LogP contribution in [0.1, 0.15) is 18.9 Å². The Kier molecular flexibility index (Phi) is 3.54. The second-order valence-corrected chi connectivity index (χ2v) is 4.18. The summed E-state index contributed by atoms with van der Waals surface area (Å²) in [5.41, 5.74) is 7.14. The molecular formula is C12H17N3O. The van der Waals surface area contributed by atoms with Crippen LogP contribution in [0.5, 0.6) is 0 Å². The van der Waals surface area contributed by atoms with Gasteiger partial charge in [-0.1, -0.05) is 30.3 Å². The van der Waals surface area contributed by atoms with E-state index in [-0.39, 0.29) is 11.9 Å². The molecular weight excluding hydrogens is 202 g/mol. The van der Waals surface area contributed by atoms with E-state index >= 15 is 0 Å². The monoisotopic (exact) mass is 219 g/mol. The first-order chi connectivity index (χ1) is 7.75. The Labute approximate surface area is 95.4 Å². The van der Waals surface area contributed by atoms with E-state index in [0.29, 0.717) is 12.6 Å². The van der Waals surface area contributed by atoms with Crippen LogP contribution in [0.2, 0.25) is 0 Å². The Morgan fingerprint density at radius 1 is 1.38 bits per heavy atom. The number of carbonyl (C=O) groups is 1. The molecule has 0 aromatic heterocycles. The normalized spacial score (nSPS) is 24.3. The fourth-order valence-corrected chi connectivity index (χ4v) is 1.80. The number of benzene rings is 1. The number of amides is 1. The third-order valence-electron chi connectivity index (χ3n) is 2.72. The molecule has 16 heavy (non-hydrogen) atoms. The molecule has 2 atom stereocenters. The lowest BCUT2D eigenvalue weighted by molar-refractivity contribution is -0.123. The molecule has 0 spiro atoms. The van der Waals surface area contributed by atoms with E-state index in [1.807, 2.05) is 30.3 Å². The fourth-order valence-electron chi connectivity index (χ4n) is 1.80. The molecule has 2 rings (SSSR count). The maximum absolute atomic E-state index is 11.8. The first-order valence-corrected chi connectivity index (χ1v) is 5.58. The lowest BCUT2D eigenvalue weighted by Crippen LogP contribution is -2.43. The zero-order valence-corrected chi connectivity index (χ0v) is 9.36. The second kappa shape index (κ2) is 5.09.